The van der Waals surface area contributed by atoms with Crippen molar-refractivity contribution in [2.75, 3.05) is 5.32 Å². The molecule has 0 saturated heterocycles. The van der Waals surface area contributed by atoms with Crippen molar-refractivity contribution in [2.24, 2.45) is 0 Å². The minimum absolute atomic E-state index is 0.0359. The molecular weight excluding hydrogens is 242 g/mol. The Balaban J connectivity index is 1.95. The average Bonchev–Trinajstić information content (AvgIpc) is 2.85. The Kier molecular flexibility index (Phi) is 2.64. The molecule has 5 heteroatoms. The summed E-state index contributed by atoms with van der Waals surface area (Å²) in [5, 5.41) is 13.0. The third-order valence-electron chi connectivity index (χ3n) is 2.85. The largest absolute Gasteiger partial charge is 0.506 e. The number of carbonyl (C=O) groups is 1. The smallest absolute Gasteiger partial charge is 0.257 e. The first-order chi connectivity index (χ1) is 9.25. The number of fused-ring (bicyclic) bond motifs is 1. The highest BCUT2D eigenvalue weighted by Crippen LogP contribution is 2.23. The molecule has 0 fully saturated rings. The third-order valence-corrected chi connectivity index (χ3v) is 2.85. The van der Waals surface area contributed by atoms with E-state index < -0.39 is 0 Å². The molecule has 3 rings (SSSR count). The van der Waals surface area contributed by atoms with Crippen LogP contribution in [0.3, 0.4) is 0 Å². The van der Waals surface area contributed by atoms with Crippen LogP contribution in [0.25, 0.3) is 11.0 Å². The van der Waals surface area contributed by atoms with Gasteiger partial charge < -0.3 is 15.4 Å². The number of phenols is 1. The van der Waals surface area contributed by atoms with E-state index in [2.05, 4.69) is 15.3 Å². The van der Waals surface area contributed by atoms with Gasteiger partial charge in [0.25, 0.3) is 5.91 Å². The Hall–Kier alpha value is -2.82. The standard InChI is InChI=1S/C14H11N3O2/c18-12-6-2-1-5-11(12)17-14(19)10-8-16-13-9(10)4-3-7-15-13/h1-8,18H,(H,15,16)(H,17,19). The zero-order chi connectivity index (χ0) is 13.2. The number of para-hydroxylation sites is 2. The van der Waals surface area contributed by atoms with Crippen molar-refractivity contribution < 1.29 is 9.90 Å². The topological polar surface area (TPSA) is 78.0 Å². The molecule has 1 aromatic carbocycles. The molecule has 0 aliphatic rings. The summed E-state index contributed by atoms with van der Waals surface area (Å²) >= 11 is 0. The van der Waals surface area contributed by atoms with Gasteiger partial charge in [-0.05, 0) is 24.3 Å². The fraction of sp³-hybridized carbons (Fsp3) is 0. The Morgan fingerprint density at radius 1 is 1.21 bits per heavy atom. The van der Waals surface area contributed by atoms with Crippen LogP contribution in [0.1, 0.15) is 10.4 Å². The number of aromatic nitrogens is 2. The molecule has 94 valence electrons. The number of nitrogens with zero attached hydrogens (tertiary/aromatic N) is 1. The molecule has 2 aromatic heterocycles. The minimum atomic E-state index is -0.291. The van der Waals surface area contributed by atoms with Gasteiger partial charge in [0.15, 0.2) is 0 Å². The number of hydrogen-bond donors (Lipinski definition) is 3. The van der Waals surface area contributed by atoms with E-state index in [0.717, 1.165) is 5.39 Å². The summed E-state index contributed by atoms with van der Waals surface area (Å²) in [6, 6.07) is 10.2. The molecule has 19 heavy (non-hydrogen) atoms. The number of amides is 1. The molecule has 3 N–H and O–H groups in total. The minimum Gasteiger partial charge on any atom is -0.506 e. The highest BCUT2D eigenvalue weighted by molar-refractivity contribution is 6.12. The number of phenolic OH excluding ortho intramolecular Hbond substituents is 1. The van der Waals surface area contributed by atoms with Crippen molar-refractivity contribution in [1.82, 2.24) is 9.97 Å². The van der Waals surface area contributed by atoms with E-state index in [1.54, 1.807) is 36.7 Å². The SMILES string of the molecule is O=C(Nc1ccccc1O)c1c[nH]c2ncccc12. The zero-order valence-electron chi connectivity index (χ0n) is 9.92. The van der Waals surface area contributed by atoms with Crippen LogP contribution >= 0.6 is 0 Å². The number of rotatable bonds is 2. The summed E-state index contributed by atoms with van der Waals surface area (Å²) in [6.07, 6.45) is 3.26. The predicted octanol–water partition coefficient (Wildman–Crippen LogP) is 2.52. The lowest BCUT2D eigenvalue weighted by Gasteiger charge is -2.05. The molecular formula is C14H11N3O2. The van der Waals surface area contributed by atoms with E-state index >= 15 is 0 Å². The van der Waals surface area contributed by atoms with E-state index in [1.807, 2.05) is 6.07 Å². The number of hydrogen-bond acceptors (Lipinski definition) is 3. The molecule has 0 bridgehead atoms. The first kappa shape index (κ1) is 11.3. The highest BCUT2D eigenvalue weighted by Gasteiger charge is 2.13. The molecule has 1 amide bonds. The summed E-state index contributed by atoms with van der Waals surface area (Å²) in [7, 11) is 0. The average molecular weight is 253 g/mol. The van der Waals surface area contributed by atoms with Gasteiger partial charge in [-0.25, -0.2) is 4.98 Å². The van der Waals surface area contributed by atoms with E-state index in [-0.39, 0.29) is 11.7 Å². The molecule has 0 aliphatic heterocycles. The summed E-state index contributed by atoms with van der Waals surface area (Å²) in [5.41, 5.74) is 1.53. The van der Waals surface area contributed by atoms with Crippen molar-refractivity contribution in [1.29, 1.82) is 0 Å². The zero-order valence-corrected chi connectivity index (χ0v) is 9.92. The first-order valence-corrected chi connectivity index (χ1v) is 5.77. The normalized spacial score (nSPS) is 10.5. The van der Waals surface area contributed by atoms with E-state index in [4.69, 9.17) is 0 Å². The lowest BCUT2D eigenvalue weighted by atomic mass is 10.2. The lowest BCUT2D eigenvalue weighted by Crippen LogP contribution is -2.11. The van der Waals surface area contributed by atoms with Gasteiger partial charge in [0.05, 0.1) is 11.3 Å². The number of H-pyrrole nitrogens is 1. The third kappa shape index (κ3) is 2.01. The van der Waals surface area contributed by atoms with Crippen LogP contribution in [-0.2, 0) is 0 Å². The van der Waals surface area contributed by atoms with Gasteiger partial charge in [0.2, 0.25) is 0 Å². The Bertz CT molecular complexity index is 749. The lowest BCUT2D eigenvalue weighted by molar-refractivity contribution is 0.102. The number of benzene rings is 1. The molecule has 0 aliphatic carbocycles. The van der Waals surface area contributed by atoms with Crippen molar-refractivity contribution in [3.05, 3.63) is 54.4 Å². The van der Waals surface area contributed by atoms with Crippen LogP contribution in [0, 0.1) is 0 Å². The monoisotopic (exact) mass is 253 g/mol. The highest BCUT2D eigenvalue weighted by atomic mass is 16.3. The van der Waals surface area contributed by atoms with Crippen molar-refractivity contribution in [3.63, 3.8) is 0 Å². The number of anilines is 1. The Morgan fingerprint density at radius 2 is 2.05 bits per heavy atom. The first-order valence-electron chi connectivity index (χ1n) is 5.77. The fourth-order valence-corrected chi connectivity index (χ4v) is 1.91. The van der Waals surface area contributed by atoms with Crippen LogP contribution in [0.4, 0.5) is 5.69 Å². The van der Waals surface area contributed by atoms with Crippen molar-refractivity contribution >= 4 is 22.6 Å². The molecule has 5 nitrogen and oxygen atoms in total. The van der Waals surface area contributed by atoms with E-state index in [0.29, 0.717) is 16.9 Å². The van der Waals surface area contributed by atoms with Gasteiger partial charge >= 0.3 is 0 Å². The number of nitrogens with one attached hydrogen (secondary N) is 2. The van der Waals surface area contributed by atoms with Crippen LogP contribution in [-0.4, -0.2) is 21.0 Å². The predicted molar refractivity (Wildman–Crippen MR) is 72.2 cm³/mol. The van der Waals surface area contributed by atoms with Crippen LogP contribution in [0.15, 0.2) is 48.8 Å². The van der Waals surface area contributed by atoms with Gasteiger partial charge in [-0.1, -0.05) is 12.1 Å². The van der Waals surface area contributed by atoms with Crippen LogP contribution in [0.5, 0.6) is 5.75 Å². The number of pyridine rings is 1. The summed E-state index contributed by atoms with van der Waals surface area (Å²) in [4.78, 5) is 19.2. The summed E-state index contributed by atoms with van der Waals surface area (Å²) in [6.45, 7) is 0. The quantitative estimate of drug-likeness (QED) is 0.614. The molecule has 3 aromatic rings. The molecule has 0 radical (unpaired) electrons. The van der Waals surface area contributed by atoms with Gasteiger partial charge in [0, 0.05) is 17.8 Å². The van der Waals surface area contributed by atoms with E-state index in [9.17, 15) is 9.90 Å². The van der Waals surface area contributed by atoms with Crippen molar-refractivity contribution in [2.45, 2.75) is 0 Å². The number of aromatic hydroxyl groups is 1. The van der Waals surface area contributed by atoms with Gasteiger partial charge in [0.1, 0.15) is 11.4 Å². The molecule has 0 unspecified atom stereocenters. The van der Waals surface area contributed by atoms with Gasteiger partial charge in [-0.3, -0.25) is 4.79 Å². The Morgan fingerprint density at radius 3 is 2.89 bits per heavy atom. The van der Waals surface area contributed by atoms with Crippen LogP contribution < -0.4 is 5.32 Å². The van der Waals surface area contributed by atoms with Crippen LogP contribution in [0.2, 0.25) is 0 Å². The number of carbonyl (C=O) groups excluding carboxylic acids is 1. The second kappa shape index (κ2) is 4.45. The summed E-state index contributed by atoms with van der Waals surface area (Å²) in [5.74, 6) is -0.255. The second-order valence-electron chi connectivity index (χ2n) is 4.07. The Labute approximate surface area is 108 Å². The van der Waals surface area contributed by atoms with Gasteiger partial charge in [-0.15, -0.1) is 0 Å². The maximum absolute atomic E-state index is 12.2. The maximum atomic E-state index is 12.2. The summed E-state index contributed by atoms with van der Waals surface area (Å²) < 4.78 is 0. The molecule has 0 saturated carbocycles. The second-order valence-corrected chi connectivity index (χ2v) is 4.07. The molecule has 0 spiro atoms. The van der Waals surface area contributed by atoms with Gasteiger partial charge in [-0.2, -0.15) is 0 Å². The number of aromatic amines is 1. The maximum Gasteiger partial charge on any atom is 0.257 e. The van der Waals surface area contributed by atoms with Crippen molar-refractivity contribution in [3.8, 4) is 5.75 Å². The van der Waals surface area contributed by atoms with E-state index in [1.165, 1.54) is 6.07 Å². The molecule has 2 heterocycles. The fourth-order valence-electron chi connectivity index (χ4n) is 1.91. The molecule has 0 atom stereocenters.